The van der Waals surface area contributed by atoms with Gasteiger partial charge in [0, 0.05) is 12.3 Å². The van der Waals surface area contributed by atoms with Gasteiger partial charge < -0.3 is 9.30 Å². The zero-order chi connectivity index (χ0) is 20.7. The van der Waals surface area contributed by atoms with E-state index in [0.29, 0.717) is 29.9 Å². The van der Waals surface area contributed by atoms with Gasteiger partial charge in [-0.05, 0) is 36.8 Å². The van der Waals surface area contributed by atoms with Gasteiger partial charge in [-0.3, -0.25) is 0 Å². The summed E-state index contributed by atoms with van der Waals surface area (Å²) in [6, 6.07) is 16.2. The summed E-state index contributed by atoms with van der Waals surface area (Å²) < 4.78 is 32.9. The lowest BCUT2D eigenvalue weighted by Gasteiger charge is -2.09. The molecule has 0 unspecified atom stereocenters. The Kier molecular flexibility index (Phi) is 7.11. The molecule has 29 heavy (non-hydrogen) atoms. The Morgan fingerprint density at radius 1 is 1.14 bits per heavy atom. The number of thioether (sulfide) groups is 1. The zero-order valence-corrected chi connectivity index (χ0v) is 17.8. The molecule has 152 valence electrons. The first-order valence-electron chi connectivity index (χ1n) is 9.12. The average Bonchev–Trinajstić information content (AvgIpc) is 3.07. The molecule has 2 aromatic carbocycles. The van der Waals surface area contributed by atoms with Crippen LogP contribution in [0.5, 0.6) is 5.75 Å². The highest BCUT2D eigenvalue weighted by atomic mass is 32.2. The van der Waals surface area contributed by atoms with Crippen molar-refractivity contribution in [1.82, 2.24) is 14.8 Å². The largest absolute Gasteiger partial charge is 0.493 e. The van der Waals surface area contributed by atoms with Gasteiger partial charge in [-0.15, -0.1) is 16.8 Å². The van der Waals surface area contributed by atoms with Crippen molar-refractivity contribution in [2.45, 2.75) is 29.3 Å². The van der Waals surface area contributed by atoms with E-state index in [0.717, 1.165) is 11.3 Å². The fraction of sp³-hybridized carbons (Fsp3) is 0.238. The van der Waals surface area contributed by atoms with Gasteiger partial charge in [0.05, 0.1) is 11.5 Å². The number of allylic oxidation sites excluding steroid dienone is 1. The molecule has 0 radical (unpaired) electrons. The van der Waals surface area contributed by atoms with Gasteiger partial charge in [0.25, 0.3) is 0 Å². The number of ether oxygens (including phenoxy) is 1. The Labute approximate surface area is 175 Å². The quantitative estimate of drug-likeness (QED) is 0.276. The monoisotopic (exact) mass is 429 g/mol. The number of aromatic nitrogens is 3. The van der Waals surface area contributed by atoms with E-state index in [2.05, 4.69) is 16.8 Å². The Morgan fingerprint density at radius 2 is 1.93 bits per heavy atom. The van der Waals surface area contributed by atoms with Crippen LogP contribution in [0.1, 0.15) is 11.4 Å². The molecule has 8 heteroatoms. The number of nitrogens with zero attached hydrogens (tertiary/aromatic N) is 3. The number of benzene rings is 2. The molecule has 0 aliphatic carbocycles. The SMILES string of the molecule is C=CCn1c(CS(=O)(=O)c2ccccc2)nnc1SCCOc1cccc(C)c1. The molecular weight excluding hydrogens is 406 g/mol. The molecule has 0 amide bonds. The molecule has 0 saturated heterocycles. The summed E-state index contributed by atoms with van der Waals surface area (Å²) in [5, 5.41) is 8.95. The van der Waals surface area contributed by atoms with E-state index in [-0.39, 0.29) is 10.6 Å². The van der Waals surface area contributed by atoms with E-state index in [4.69, 9.17) is 4.74 Å². The first-order valence-corrected chi connectivity index (χ1v) is 11.8. The highest BCUT2D eigenvalue weighted by Crippen LogP contribution is 2.21. The second-order valence-electron chi connectivity index (χ2n) is 6.38. The fourth-order valence-corrected chi connectivity index (χ4v) is 4.80. The molecule has 1 heterocycles. The third-order valence-electron chi connectivity index (χ3n) is 4.10. The Hall–Kier alpha value is -2.58. The van der Waals surface area contributed by atoms with Crippen LogP contribution >= 0.6 is 11.8 Å². The summed E-state index contributed by atoms with van der Waals surface area (Å²) in [7, 11) is -3.50. The fourth-order valence-electron chi connectivity index (χ4n) is 2.72. The minimum Gasteiger partial charge on any atom is -0.493 e. The van der Waals surface area contributed by atoms with E-state index in [9.17, 15) is 8.42 Å². The number of sulfone groups is 1. The van der Waals surface area contributed by atoms with Crippen LogP contribution in [0.4, 0.5) is 0 Å². The maximum atomic E-state index is 12.7. The van der Waals surface area contributed by atoms with Crippen LogP contribution in [-0.2, 0) is 22.1 Å². The van der Waals surface area contributed by atoms with Crippen LogP contribution in [0.15, 0.2) is 77.3 Å². The minimum atomic E-state index is -3.50. The third-order valence-corrected chi connectivity index (χ3v) is 6.66. The summed E-state index contributed by atoms with van der Waals surface area (Å²) in [6.45, 7) is 6.72. The standard InChI is InChI=1S/C21H23N3O3S2/c1-3-12-24-20(16-29(25,26)19-10-5-4-6-11-19)22-23-21(24)28-14-13-27-18-9-7-8-17(2)15-18/h3-11,15H,1,12-14,16H2,2H3. The Balaban J connectivity index is 1.66. The second kappa shape index (κ2) is 9.76. The molecule has 0 bridgehead atoms. The summed E-state index contributed by atoms with van der Waals surface area (Å²) in [6.07, 6.45) is 1.70. The van der Waals surface area contributed by atoms with E-state index in [1.54, 1.807) is 41.0 Å². The molecule has 1 aromatic heterocycles. The van der Waals surface area contributed by atoms with E-state index in [1.807, 2.05) is 31.2 Å². The van der Waals surface area contributed by atoms with E-state index in [1.165, 1.54) is 11.8 Å². The van der Waals surface area contributed by atoms with Crippen molar-refractivity contribution in [3.8, 4) is 5.75 Å². The summed E-state index contributed by atoms with van der Waals surface area (Å²) >= 11 is 1.47. The van der Waals surface area contributed by atoms with Gasteiger partial charge in [-0.25, -0.2) is 8.42 Å². The molecule has 3 aromatic rings. The van der Waals surface area contributed by atoms with Crippen molar-refractivity contribution in [2.75, 3.05) is 12.4 Å². The number of rotatable bonds is 10. The summed E-state index contributed by atoms with van der Waals surface area (Å²) in [4.78, 5) is 0.272. The van der Waals surface area contributed by atoms with Crippen LogP contribution < -0.4 is 4.74 Å². The van der Waals surface area contributed by atoms with Crippen LogP contribution in [0.2, 0.25) is 0 Å². The molecule has 0 atom stereocenters. The van der Waals surface area contributed by atoms with Crippen LogP contribution in [0.3, 0.4) is 0 Å². The van der Waals surface area contributed by atoms with Gasteiger partial charge in [-0.1, -0.05) is 48.2 Å². The van der Waals surface area contributed by atoms with Gasteiger partial charge in [0.2, 0.25) is 0 Å². The van der Waals surface area contributed by atoms with E-state index < -0.39 is 9.84 Å². The molecule has 0 spiro atoms. The average molecular weight is 430 g/mol. The zero-order valence-electron chi connectivity index (χ0n) is 16.2. The lowest BCUT2D eigenvalue weighted by Crippen LogP contribution is -2.11. The number of aryl methyl sites for hydroxylation is 1. The maximum Gasteiger partial charge on any atom is 0.191 e. The van der Waals surface area contributed by atoms with Crippen molar-refractivity contribution in [2.24, 2.45) is 0 Å². The maximum absolute atomic E-state index is 12.7. The molecule has 6 nitrogen and oxygen atoms in total. The third kappa shape index (κ3) is 5.71. The van der Waals surface area contributed by atoms with Crippen molar-refractivity contribution < 1.29 is 13.2 Å². The lowest BCUT2D eigenvalue weighted by atomic mass is 10.2. The molecule has 0 aliphatic rings. The van der Waals surface area contributed by atoms with Crippen LogP contribution in [0.25, 0.3) is 0 Å². The van der Waals surface area contributed by atoms with Crippen molar-refractivity contribution in [1.29, 1.82) is 0 Å². The molecule has 0 N–H and O–H groups in total. The number of hydrogen-bond donors (Lipinski definition) is 0. The van der Waals surface area contributed by atoms with Gasteiger partial charge in [0.15, 0.2) is 15.0 Å². The predicted molar refractivity (Wildman–Crippen MR) is 115 cm³/mol. The molecule has 0 saturated carbocycles. The minimum absolute atomic E-state index is 0.210. The van der Waals surface area contributed by atoms with Crippen LogP contribution in [-0.4, -0.2) is 35.5 Å². The van der Waals surface area contributed by atoms with Gasteiger partial charge in [-0.2, -0.15) is 0 Å². The van der Waals surface area contributed by atoms with Crippen molar-refractivity contribution >= 4 is 21.6 Å². The Bertz CT molecular complexity index is 1060. The normalized spacial score (nSPS) is 11.3. The topological polar surface area (TPSA) is 74.1 Å². The molecule has 0 aliphatic heterocycles. The molecular formula is C21H23N3O3S2. The summed E-state index contributed by atoms with van der Waals surface area (Å²) in [5.41, 5.74) is 1.14. The molecule has 0 fully saturated rings. The van der Waals surface area contributed by atoms with Crippen molar-refractivity contribution in [3.05, 3.63) is 78.6 Å². The second-order valence-corrected chi connectivity index (χ2v) is 9.44. The van der Waals surface area contributed by atoms with Gasteiger partial charge in [0.1, 0.15) is 17.3 Å². The van der Waals surface area contributed by atoms with Crippen LogP contribution in [0, 0.1) is 6.92 Å². The highest BCUT2D eigenvalue weighted by Gasteiger charge is 2.21. The molecule has 3 rings (SSSR count). The van der Waals surface area contributed by atoms with E-state index >= 15 is 0 Å². The lowest BCUT2D eigenvalue weighted by molar-refractivity contribution is 0.343. The van der Waals surface area contributed by atoms with Crippen molar-refractivity contribution in [3.63, 3.8) is 0 Å². The smallest absolute Gasteiger partial charge is 0.191 e. The first-order chi connectivity index (χ1) is 14.0. The summed E-state index contributed by atoms with van der Waals surface area (Å²) in [5.74, 6) is 1.68. The van der Waals surface area contributed by atoms with Gasteiger partial charge >= 0.3 is 0 Å². The Morgan fingerprint density at radius 3 is 2.66 bits per heavy atom. The highest BCUT2D eigenvalue weighted by molar-refractivity contribution is 7.99. The predicted octanol–water partition coefficient (Wildman–Crippen LogP) is 3.92. The first kappa shape index (κ1) is 21.1. The number of hydrogen-bond acceptors (Lipinski definition) is 6.